The lowest BCUT2D eigenvalue weighted by atomic mass is 10.1. The van der Waals surface area contributed by atoms with Crippen molar-refractivity contribution in [3.63, 3.8) is 0 Å². The minimum Gasteiger partial charge on any atom is -0.497 e. The van der Waals surface area contributed by atoms with Crippen LogP contribution in [-0.2, 0) is 9.53 Å². The van der Waals surface area contributed by atoms with Gasteiger partial charge >= 0.3 is 0 Å². The molecule has 0 aliphatic carbocycles. The van der Waals surface area contributed by atoms with Gasteiger partial charge in [0.05, 0.1) is 27.4 Å². The molecule has 21 heavy (non-hydrogen) atoms. The molecule has 2 rings (SSSR count). The summed E-state index contributed by atoms with van der Waals surface area (Å²) in [4.78, 5) is 16.3. The van der Waals surface area contributed by atoms with Gasteiger partial charge in [-0.3, -0.25) is 15.1 Å². The van der Waals surface area contributed by atoms with E-state index in [0.29, 0.717) is 36.2 Å². The standard InChI is InChI=1S/C14H19N3O4/c1-19-7-6-15-14-16-12(13(18)17-14)10-8-9(20-2)4-5-11(10)21-3/h4-5,8,12H,6-7H2,1-3H3,(H2,15,16,17,18). The number of carbonyl (C=O) groups excluding carboxylic acids is 1. The van der Waals surface area contributed by atoms with Gasteiger partial charge in [0.1, 0.15) is 17.5 Å². The molecule has 1 saturated heterocycles. The largest absolute Gasteiger partial charge is 0.497 e. The molecule has 1 aromatic carbocycles. The summed E-state index contributed by atoms with van der Waals surface area (Å²) in [6.07, 6.45) is 0. The van der Waals surface area contributed by atoms with E-state index >= 15 is 0 Å². The zero-order valence-electron chi connectivity index (χ0n) is 12.3. The average Bonchev–Trinajstić information content (AvgIpc) is 2.87. The first kappa shape index (κ1) is 15.1. The van der Waals surface area contributed by atoms with E-state index in [0.717, 1.165) is 0 Å². The molecule has 7 nitrogen and oxygen atoms in total. The number of carbonyl (C=O) groups is 1. The third kappa shape index (κ3) is 3.43. The molecule has 0 saturated carbocycles. The number of guanidine groups is 1. The van der Waals surface area contributed by atoms with Gasteiger partial charge in [0.25, 0.3) is 5.91 Å². The summed E-state index contributed by atoms with van der Waals surface area (Å²) in [5, 5.41) is 5.74. The predicted molar refractivity (Wildman–Crippen MR) is 77.7 cm³/mol. The monoisotopic (exact) mass is 293 g/mol. The summed E-state index contributed by atoms with van der Waals surface area (Å²) in [6, 6.07) is 4.76. The molecular formula is C14H19N3O4. The second-order valence-corrected chi connectivity index (χ2v) is 4.40. The predicted octanol–water partition coefficient (Wildman–Crippen LogP) is 0.467. The maximum Gasteiger partial charge on any atom is 0.254 e. The number of methoxy groups -OCH3 is 3. The Kier molecular flexibility index (Phi) is 4.99. The number of nitrogens with one attached hydrogen (secondary N) is 2. The van der Waals surface area contributed by atoms with E-state index in [4.69, 9.17) is 14.2 Å². The fraction of sp³-hybridized carbons (Fsp3) is 0.429. The fourth-order valence-electron chi connectivity index (χ4n) is 2.05. The third-order valence-electron chi connectivity index (χ3n) is 3.10. The molecule has 2 N–H and O–H groups in total. The number of amides is 1. The molecule has 114 valence electrons. The molecule has 0 spiro atoms. The summed E-state index contributed by atoms with van der Waals surface area (Å²) in [5.41, 5.74) is 0.700. The Morgan fingerprint density at radius 1 is 1.24 bits per heavy atom. The Hall–Kier alpha value is -2.28. The number of ether oxygens (including phenoxy) is 3. The average molecular weight is 293 g/mol. The zero-order valence-corrected chi connectivity index (χ0v) is 12.3. The summed E-state index contributed by atoms with van der Waals surface area (Å²) in [5.74, 6) is 1.52. The van der Waals surface area contributed by atoms with E-state index in [9.17, 15) is 4.79 Å². The van der Waals surface area contributed by atoms with Crippen molar-refractivity contribution in [3.8, 4) is 11.5 Å². The molecular weight excluding hydrogens is 274 g/mol. The highest BCUT2D eigenvalue weighted by Crippen LogP contribution is 2.30. The zero-order chi connectivity index (χ0) is 15.2. The van der Waals surface area contributed by atoms with Crippen molar-refractivity contribution in [2.45, 2.75) is 6.04 Å². The van der Waals surface area contributed by atoms with Gasteiger partial charge in [-0.15, -0.1) is 0 Å². The van der Waals surface area contributed by atoms with Crippen molar-refractivity contribution >= 4 is 11.9 Å². The quantitative estimate of drug-likeness (QED) is 0.745. The molecule has 1 unspecified atom stereocenters. The lowest BCUT2D eigenvalue weighted by Gasteiger charge is -2.14. The van der Waals surface area contributed by atoms with Gasteiger partial charge in [-0.05, 0) is 18.2 Å². The van der Waals surface area contributed by atoms with Crippen LogP contribution in [0.3, 0.4) is 0 Å². The van der Waals surface area contributed by atoms with Crippen LogP contribution in [0.5, 0.6) is 11.5 Å². The normalized spacial score (nSPS) is 19.3. The van der Waals surface area contributed by atoms with Crippen molar-refractivity contribution in [1.82, 2.24) is 10.6 Å². The summed E-state index contributed by atoms with van der Waals surface area (Å²) in [6.45, 7) is 0.968. The highest BCUT2D eigenvalue weighted by atomic mass is 16.5. The lowest BCUT2D eigenvalue weighted by molar-refractivity contribution is -0.120. The van der Waals surface area contributed by atoms with Crippen LogP contribution in [-0.4, -0.2) is 46.3 Å². The molecule has 7 heteroatoms. The lowest BCUT2D eigenvalue weighted by Crippen LogP contribution is -2.26. The molecule has 1 amide bonds. The molecule has 1 fully saturated rings. The Morgan fingerprint density at radius 2 is 2.05 bits per heavy atom. The Labute approximate surface area is 123 Å². The van der Waals surface area contributed by atoms with Crippen molar-refractivity contribution in [1.29, 1.82) is 0 Å². The first-order valence-corrected chi connectivity index (χ1v) is 6.52. The van der Waals surface area contributed by atoms with Gasteiger partial charge in [-0.25, -0.2) is 0 Å². The first-order valence-electron chi connectivity index (χ1n) is 6.52. The van der Waals surface area contributed by atoms with Crippen molar-refractivity contribution in [2.75, 3.05) is 34.5 Å². The van der Waals surface area contributed by atoms with Crippen LogP contribution in [0.2, 0.25) is 0 Å². The number of nitrogens with zero attached hydrogens (tertiary/aromatic N) is 1. The van der Waals surface area contributed by atoms with Gasteiger partial charge in [0.15, 0.2) is 5.96 Å². The van der Waals surface area contributed by atoms with Crippen molar-refractivity contribution < 1.29 is 19.0 Å². The van der Waals surface area contributed by atoms with Crippen LogP contribution in [0.1, 0.15) is 11.6 Å². The number of hydrogen-bond donors (Lipinski definition) is 2. The second-order valence-electron chi connectivity index (χ2n) is 4.40. The highest BCUT2D eigenvalue weighted by molar-refractivity contribution is 6.07. The number of rotatable bonds is 6. The topological polar surface area (TPSA) is 81.2 Å². The summed E-state index contributed by atoms with van der Waals surface area (Å²) < 4.78 is 15.4. The molecule has 0 bridgehead atoms. The van der Waals surface area contributed by atoms with Crippen LogP contribution < -0.4 is 20.1 Å². The minimum absolute atomic E-state index is 0.183. The molecule has 0 radical (unpaired) electrons. The number of aliphatic imine (C=N–C) groups is 1. The van der Waals surface area contributed by atoms with E-state index in [1.165, 1.54) is 0 Å². The van der Waals surface area contributed by atoms with E-state index in [1.807, 2.05) is 0 Å². The fourth-order valence-corrected chi connectivity index (χ4v) is 2.05. The molecule has 1 heterocycles. The Morgan fingerprint density at radius 3 is 2.71 bits per heavy atom. The van der Waals surface area contributed by atoms with E-state index in [2.05, 4.69) is 15.6 Å². The van der Waals surface area contributed by atoms with Crippen molar-refractivity contribution in [3.05, 3.63) is 23.8 Å². The SMILES string of the molecule is COCCN=C1NC(=O)C(c2cc(OC)ccc2OC)N1. The summed E-state index contributed by atoms with van der Waals surface area (Å²) in [7, 11) is 4.74. The van der Waals surface area contributed by atoms with Gasteiger partial charge in [0.2, 0.25) is 0 Å². The van der Waals surface area contributed by atoms with E-state index in [1.54, 1.807) is 39.5 Å². The molecule has 1 aliphatic heterocycles. The van der Waals surface area contributed by atoms with Crippen LogP contribution in [0, 0.1) is 0 Å². The van der Waals surface area contributed by atoms with Crippen molar-refractivity contribution in [2.24, 2.45) is 4.99 Å². The van der Waals surface area contributed by atoms with Crippen LogP contribution in [0.15, 0.2) is 23.2 Å². The molecule has 1 atom stereocenters. The Bertz CT molecular complexity index is 545. The van der Waals surface area contributed by atoms with Gasteiger partial charge in [-0.2, -0.15) is 0 Å². The first-order chi connectivity index (χ1) is 10.2. The van der Waals surface area contributed by atoms with Gasteiger partial charge in [-0.1, -0.05) is 0 Å². The van der Waals surface area contributed by atoms with E-state index < -0.39 is 6.04 Å². The Balaban J connectivity index is 2.21. The molecule has 1 aromatic rings. The molecule has 1 aliphatic rings. The highest BCUT2D eigenvalue weighted by Gasteiger charge is 2.32. The smallest absolute Gasteiger partial charge is 0.254 e. The van der Waals surface area contributed by atoms with Gasteiger partial charge in [0, 0.05) is 12.7 Å². The molecule has 0 aromatic heterocycles. The van der Waals surface area contributed by atoms with E-state index in [-0.39, 0.29) is 5.91 Å². The van der Waals surface area contributed by atoms with Crippen LogP contribution in [0.25, 0.3) is 0 Å². The number of hydrogen-bond acceptors (Lipinski definition) is 5. The third-order valence-corrected chi connectivity index (χ3v) is 3.10. The number of benzene rings is 1. The van der Waals surface area contributed by atoms with Crippen LogP contribution >= 0.6 is 0 Å². The van der Waals surface area contributed by atoms with Crippen LogP contribution in [0.4, 0.5) is 0 Å². The van der Waals surface area contributed by atoms with Gasteiger partial charge < -0.3 is 19.5 Å². The second kappa shape index (κ2) is 6.94. The maximum atomic E-state index is 12.1. The summed E-state index contributed by atoms with van der Waals surface area (Å²) >= 11 is 0. The minimum atomic E-state index is -0.559. The maximum absolute atomic E-state index is 12.1.